The summed E-state index contributed by atoms with van der Waals surface area (Å²) in [5.41, 5.74) is 9.36. The number of hydrogen-bond donors (Lipinski definition) is 2. The SMILES string of the molecule is C\C=C(Cl)/C=C(C)/C(N)=C(/C)N1CC2CCCNC2C1. The van der Waals surface area contributed by atoms with Gasteiger partial charge in [0.1, 0.15) is 0 Å². The van der Waals surface area contributed by atoms with Crippen molar-refractivity contribution in [2.75, 3.05) is 19.6 Å². The number of nitrogens with zero attached hydrogens (tertiary/aromatic N) is 1. The minimum atomic E-state index is 0.634. The molecule has 2 saturated heterocycles. The summed E-state index contributed by atoms with van der Waals surface area (Å²) in [4.78, 5) is 2.42. The van der Waals surface area contributed by atoms with Gasteiger partial charge in [-0.1, -0.05) is 17.7 Å². The minimum Gasteiger partial charge on any atom is -0.397 e. The Labute approximate surface area is 127 Å². The quantitative estimate of drug-likeness (QED) is 0.787. The fourth-order valence-corrected chi connectivity index (χ4v) is 3.31. The first-order valence-corrected chi connectivity index (χ1v) is 7.86. The van der Waals surface area contributed by atoms with E-state index in [9.17, 15) is 0 Å². The summed E-state index contributed by atoms with van der Waals surface area (Å²) in [7, 11) is 0. The first-order chi connectivity index (χ1) is 9.52. The van der Waals surface area contributed by atoms with E-state index in [-0.39, 0.29) is 0 Å². The van der Waals surface area contributed by atoms with Crippen molar-refractivity contribution in [2.24, 2.45) is 11.7 Å². The molecule has 0 saturated carbocycles. The number of halogens is 1. The van der Waals surface area contributed by atoms with Gasteiger partial charge in [-0.2, -0.15) is 0 Å². The van der Waals surface area contributed by atoms with E-state index in [1.165, 1.54) is 18.5 Å². The molecule has 2 unspecified atom stereocenters. The zero-order chi connectivity index (χ0) is 14.7. The molecule has 0 aromatic heterocycles. The number of allylic oxidation sites excluding steroid dienone is 5. The topological polar surface area (TPSA) is 41.3 Å². The molecule has 0 bridgehead atoms. The molecule has 0 spiro atoms. The van der Waals surface area contributed by atoms with Gasteiger partial charge in [0.2, 0.25) is 0 Å². The van der Waals surface area contributed by atoms with E-state index in [1.807, 2.05) is 26.0 Å². The Bertz CT molecular complexity index is 437. The van der Waals surface area contributed by atoms with Crippen molar-refractivity contribution in [3.63, 3.8) is 0 Å². The highest BCUT2D eigenvalue weighted by atomic mass is 35.5. The zero-order valence-electron chi connectivity index (χ0n) is 12.7. The van der Waals surface area contributed by atoms with Gasteiger partial charge in [0.05, 0.1) is 5.70 Å². The van der Waals surface area contributed by atoms with E-state index in [1.54, 1.807) is 0 Å². The number of nitrogens with two attached hydrogens (primary N) is 1. The Hall–Kier alpha value is -0.930. The summed E-state index contributed by atoms with van der Waals surface area (Å²) >= 11 is 6.05. The summed E-state index contributed by atoms with van der Waals surface area (Å²) in [5, 5.41) is 4.36. The van der Waals surface area contributed by atoms with Gasteiger partial charge in [0.15, 0.2) is 0 Å². The molecule has 2 atom stereocenters. The molecule has 3 N–H and O–H groups in total. The maximum absolute atomic E-state index is 6.30. The summed E-state index contributed by atoms with van der Waals surface area (Å²) in [6.45, 7) is 9.41. The summed E-state index contributed by atoms with van der Waals surface area (Å²) in [6.07, 6.45) is 6.44. The van der Waals surface area contributed by atoms with Crippen molar-refractivity contribution in [2.45, 2.75) is 39.7 Å². The molecule has 0 amide bonds. The lowest BCUT2D eigenvalue weighted by atomic mass is 9.94. The maximum Gasteiger partial charge on any atom is 0.0536 e. The Morgan fingerprint density at radius 3 is 2.75 bits per heavy atom. The smallest absolute Gasteiger partial charge is 0.0536 e. The van der Waals surface area contributed by atoms with Crippen molar-refractivity contribution < 1.29 is 0 Å². The van der Waals surface area contributed by atoms with Crippen LogP contribution in [0.3, 0.4) is 0 Å². The average molecular weight is 296 g/mol. The number of likely N-dealkylation sites (tertiary alicyclic amines) is 1. The van der Waals surface area contributed by atoms with Crippen LogP contribution in [0, 0.1) is 5.92 Å². The van der Waals surface area contributed by atoms with Crippen LogP contribution in [0.1, 0.15) is 33.6 Å². The van der Waals surface area contributed by atoms with E-state index in [0.29, 0.717) is 6.04 Å². The van der Waals surface area contributed by atoms with Gasteiger partial charge in [-0.25, -0.2) is 0 Å². The fraction of sp³-hybridized carbons (Fsp3) is 0.625. The Balaban J connectivity index is 2.11. The van der Waals surface area contributed by atoms with Crippen molar-refractivity contribution in [3.8, 4) is 0 Å². The molecule has 2 heterocycles. The summed E-state index contributed by atoms with van der Waals surface area (Å²) in [6, 6.07) is 0.634. The second kappa shape index (κ2) is 6.68. The largest absolute Gasteiger partial charge is 0.397 e. The first-order valence-electron chi connectivity index (χ1n) is 7.48. The van der Waals surface area contributed by atoms with Crippen molar-refractivity contribution >= 4 is 11.6 Å². The monoisotopic (exact) mass is 295 g/mol. The van der Waals surface area contributed by atoms with Gasteiger partial charge < -0.3 is 16.0 Å². The molecule has 2 fully saturated rings. The summed E-state index contributed by atoms with van der Waals surface area (Å²) in [5.74, 6) is 0.773. The lowest BCUT2D eigenvalue weighted by Crippen LogP contribution is -2.40. The van der Waals surface area contributed by atoms with Gasteiger partial charge in [-0.3, -0.25) is 0 Å². The van der Waals surface area contributed by atoms with Crippen molar-refractivity contribution in [1.29, 1.82) is 0 Å². The third-order valence-corrected chi connectivity index (χ3v) is 4.85. The van der Waals surface area contributed by atoms with Crippen LogP contribution in [0.15, 0.2) is 34.2 Å². The van der Waals surface area contributed by atoms with E-state index < -0.39 is 0 Å². The number of hydrogen-bond acceptors (Lipinski definition) is 3. The predicted octanol–water partition coefficient (Wildman–Crippen LogP) is 2.95. The molecular formula is C16H26ClN3. The highest BCUT2D eigenvalue weighted by molar-refractivity contribution is 6.31. The van der Waals surface area contributed by atoms with Gasteiger partial charge in [-0.05, 0) is 57.7 Å². The molecule has 0 radical (unpaired) electrons. The second-order valence-electron chi connectivity index (χ2n) is 5.87. The van der Waals surface area contributed by atoms with Crippen LogP contribution in [-0.2, 0) is 0 Å². The van der Waals surface area contributed by atoms with Gasteiger partial charge in [0, 0.05) is 29.9 Å². The van der Waals surface area contributed by atoms with Crippen LogP contribution in [0.4, 0.5) is 0 Å². The van der Waals surface area contributed by atoms with Gasteiger partial charge >= 0.3 is 0 Å². The second-order valence-corrected chi connectivity index (χ2v) is 6.30. The average Bonchev–Trinajstić information content (AvgIpc) is 2.89. The highest BCUT2D eigenvalue weighted by Crippen LogP contribution is 2.28. The van der Waals surface area contributed by atoms with Crippen LogP contribution in [-0.4, -0.2) is 30.6 Å². The van der Waals surface area contributed by atoms with E-state index in [4.69, 9.17) is 17.3 Å². The Kier molecular flexibility index (Phi) is 5.17. The van der Waals surface area contributed by atoms with E-state index in [2.05, 4.69) is 17.1 Å². The zero-order valence-corrected chi connectivity index (χ0v) is 13.5. The van der Waals surface area contributed by atoms with Gasteiger partial charge in [0.25, 0.3) is 0 Å². The molecule has 3 nitrogen and oxygen atoms in total. The molecule has 2 aliphatic heterocycles. The molecule has 0 aromatic rings. The van der Waals surface area contributed by atoms with Crippen LogP contribution in [0.5, 0.6) is 0 Å². The highest BCUT2D eigenvalue weighted by Gasteiger charge is 2.34. The van der Waals surface area contributed by atoms with Crippen molar-refractivity contribution in [3.05, 3.63) is 34.2 Å². The molecule has 112 valence electrons. The normalized spacial score (nSPS) is 29.3. The number of fused-ring (bicyclic) bond motifs is 1. The van der Waals surface area contributed by atoms with E-state index >= 15 is 0 Å². The number of piperidine rings is 1. The van der Waals surface area contributed by atoms with Crippen LogP contribution >= 0.6 is 11.6 Å². The molecule has 4 heteroatoms. The van der Waals surface area contributed by atoms with Crippen molar-refractivity contribution in [1.82, 2.24) is 10.2 Å². The molecule has 20 heavy (non-hydrogen) atoms. The Morgan fingerprint density at radius 2 is 2.10 bits per heavy atom. The lowest BCUT2D eigenvalue weighted by molar-refractivity contribution is 0.338. The molecule has 2 aliphatic rings. The van der Waals surface area contributed by atoms with E-state index in [0.717, 1.165) is 41.9 Å². The predicted molar refractivity (Wildman–Crippen MR) is 86.3 cm³/mol. The third-order valence-electron chi connectivity index (χ3n) is 4.52. The molecule has 0 aliphatic carbocycles. The number of rotatable bonds is 3. The number of nitrogens with one attached hydrogen (secondary N) is 1. The maximum atomic E-state index is 6.30. The minimum absolute atomic E-state index is 0.634. The van der Waals surface area contributed by atoms with Crippen LogP contribution in [0.25, 0.3) is 0 Å². The lowest BCUT2D eigenvalue weighted by Gasteiger charge is -2.24. The third kappa shape index (κ3) is 3.39. The fourth-order valence-electron chi connectivity index (χ4n) is 3.14. The summed E-state index contributed by atoms with van der Waals surface area (Å²) < 4.78 is 0. The van der Waals surface area contributed by atoms with Gasteiger partial charge in [-0.15, -0.1) is 0 Å². The standard InChI is InChI=1S/C16H26ClN3/c1-4-14(17)8-11(2)16(18)12(3)20-9-13-6-5-7-19-15(13)10-20/h4,8,13,15,19H,5-7,9-10,18H2,1-3H3/b11-8+,14-4+,16-12+. The molecular weight excluding hydrogens is 270 g/mol. The van der Waals surface area contributed by atoms with Crippen LogP contribution < -0.4 is 11.1 Å². The first kappa shape index (κ1) is 15.5. The molecule has 0 aromatic carbocycles. The Morgan fingerprint density at radius 1 is 1.35 bits per heavy atom. The molecule has 2 rings (SSSR count). The van der Waals surface area contributed by atoms with Crippen LogP contribution in [0.2, 0.25) is 0 Å².